The zero-order valence-electron chi connectivity index (χ0n) is 13.9. The van der Waals surface area contributed by atoms with E-state index >= 15 is 0 Å². The molecule has 0 N–H and O–H groups in total. The summed E-state index contributed by atoms with van der Waals surface area (Å²) in [5.41, 5.74) is 0. The third kappa shape index (κ3) is 15.7. The van der Waals surface area contributed by atoms with Crippen molar-refractivity contribution >= 4 is 0 Å². The Morgan fingerprint density at radius 1 is 0.632 bits per heavy atom. The van der Waals surface area contributed by atoms with Gasteiger partial charge in [-0.1, -0.05) is 90.7 Å². The molecule has 0 saturated carbocycles. The number of hydrogen-bond acceptors (Lipinski definition) is 0. The summed E-state index contributed by atoms with van der Waals surface area (Å²) in [6, 6.07) is 0. The lowest BCUT2D eigenvalue weighted by Gasteiger charge is -2.10. The molecule has 0 amide bonds. The number of unbranched alkanes of at least 4 members (excludes halogenated alkanes) is 8. The highest BCUT2D eigenvalue weighted by molar-refractivity contribution is 4.81. The van der Waals surface area contributed by atoms with Gasteiger partial charge in [0.25, 0.3) is 0 Å². The minimum atomic E-state index is 0.949. The molecule has 0 heterocycles. The van der Waals surface area contributed by atoms with Crippen LogP contribution in [0.2, 0.25) is 0 Å². The van der Waals surface area contributed by atoms with Crippen LogP contribution in [-0.4, -0.2) is 0 Å². The van der Waals surface area contributed by atoms with Crippen LogP contribution in [0.15, 0.2) is 12.2 Å². The second-order valence-electron chi connectivity index (χ2n) is 6.21. The average molecular weight is 267 g/mol. The first kappa shape index (κ1) is 18.7. The van der Waals surface area contributed by atoms with Crippen molar-refractivity contribution in [1.29, 1.82) is 0 Å². The second-order valence-corrected chi connectivity index (χ2v) is 6.21. The molecule has 1 atom stereocenters. The summed E-state index contributed by atoms with van der Waals surface area (Å²) in [5, 5.41) is 0. The largest absolute Gasteiger partial charge is 0.0885 e. The molecule has 0 aromatic rings. The SMILES string of the molecule is CCCCCC=CCCCCC(C)CCCCCC. The molecule has 0 aliphatic heterocycles. The first-order valence-corrected chi connectivity index (χ1v) is 8.96. The molecule has 0 saturated heterocycles. The first-order chi connectivity index (χ1) is 9.31. The van der Waals surface area contributed by atoms with Gasteiger partial charge < -0.3 is 0 Å². The summed E-state index contributed by atoms with van der Waals surface area (Å²) in [7, 11) is 0. The normalized spacial score (nSPS) is 13.2. The molecular weight excluding hydrogens is 228 g/mol. The van der Waals surface area contributed by atoms with E-state index in [1.54, 1.807) is 0 Å². The van der Waals surface area contributed by atoms with E-state index < -0.39 is 0 Å². The molecule has 1 unspecified atom stereocenters. The van der Waals surface area contributed by atoms with Crippen LogP contribution in [0.1, 0.15) is 104 Å². The molecule has 0 heteroatoms. The Morgan fingerprint density at radius 2 is 1.11 bits per heavy atom. The highest BCUT2D eigenvalue weighted by Gasteiger charge is 2.01. The quantitative estimate of drug-likeness (QED) is 0.229. The molecule has 0 bridgehead atoms. The van der Waals surface area contributed by atoms with Crippen molar-refractivity contribution in [2.75, 3.05) is 0 Å². The van der Waals surface area contributed by atoms with E-state index in [-0.39, 0.29) is 0 Å². The van der Waals surface area contributed by atoms with Crippen LogP contribution in [0.4, 0.5) is 0 Å². The van der Waals surface area contributed by atoms with Gasteiger partial charge >= 0.3 is 0 Å². The molecule has 0 aromatic carbocycles. The van der Waals surface area contributed by atoms with Crippen molar-refractivity contribution in [3.8, 4) is 0 Å². The lowest BCUT2D eigenvalue weighted by molar-refractivity contribution is 0.441. The fourth-order valence-electron chi connectivity index (χ4n) is 2.57. The molecule has 19 heavy (non-hydrogen) atoms. The maximum absolute atomic E-state index is 2.44. The smallest absolute Gasteiger partial charge is 0.0351 e. The van der Waals surface area contributed by atoms with Gasteiger partial charge in [0.1, 0.15) is 0 Å². The maximum Gasteiger partial charge on any atom is -0.0351 e. The van der Waals surface area contributed by atoms with Crippen molar-refractivity contribution < 1.29 is 0 Å². The van der Waals surface area contributed by atoms with Gasteiger partial charge in [-0.2, -0.15) is 0 Å². The van der Waals surface area contributed by atoms with Crippen LogP contribution >= 0.6 is 0 Å². The van der Waals surface area contributed by atoms with E-state index in [0.717, 1.165) is 5.92 Å². The topological polar surface area (TPSA) is 0 Å². The van der Waals surface area contributed by atoms with Crippen LogP contribution in [0.3, 0.4) is 0 Å². The molecule has 0 radical (unpaired) electrons. The van der Waals surface area contributed by atoms with E-state index in [4.69, 9.17) is 0 Å². The first-order valence-electron chi connectivity index (χ1n) is 8.96. The summed E-state index contributed by atoms with van der Waals surface area (Å²) >= 11 is 0. The predicted molar refractivity (Wildman–Crippen MR) is 89.7 cm³/mol. The highest BCUT2D eigenvalue weighted by Crippen LogP contribution is 2.17. The molecule has 0 aliphatic carbocycles. The third-order valence-electron chi connectivity index (χ3n) is 4.01. The lowest BCUT2D eigenvalue weighted by atomic mass is 9.96. The molecule has 114 valence electrons. The Kier molecular flexibility index (Phi) is 15.6. The van der Waals surface area contributed by atoms with Crippen LogP contribution in [0.5, 0.6) is 0 Å². The van der Waals surface area contributed by atoms with E-state index in [1.807, 2.05) is 0 Å². The molecule has 0 rings (SSSR count). The highest BCUT2D eigenvalue weighted by atomic mass is 14.1. The minimum absolute atomic E-state index is 0.949. The van der Waals surface area contributed by atoms with E-state index in [1.165, 1.54) is 83.5 Å². The average Bonchev–Trinajstić information content (AvgIpc) is 2.42. The zero-order valence-corrected chi connectivity index (χ0v) is 13.9. The molecular formula is C19H38. The summed E-state index contributed by atoms with van der Waals surface area (Å²) in [6.45, 7) is 7.00. The number of hydrogen-bond donors (Lipinski definition) is 0. The Hall–Kier alpha value is -0.260. The van der Waals surface area contributed by atoms with Crippen LogP contribution in [0.25, 0.3) is 0 Å². The Labute approximate surface area is 123 Å². The molecule has 0 fully saturated rings. The van der Waals surface area contributed by atoms with Crippen molar-refractivity contribution in [3.63, 3.8) is 0 Å². The van der Waals surface area contributed by atoms with Gasteiger partial charge in [0.15, 0.2) is 0 Å². The molecule has 0 spiro atoms. The number of rotatable bonds is 14. The lowest BCUT2D eigenvalue weighted by Crippen LogP contribution is -1.94. The van der Waals surface area contributed by atoms with Crippen LogP contribution < -0.4 is 0 Å². The monoisotopic (exact) mass is 266 g/mol. The Bertz CT molecular complexity index is 180. The Morgan fingerprint density at radius 3 is 1.68 bits per heavy atom. The second kappa shape index (κ2) is 15.8. The van der Waals surface area contributed by atoms with Gasteiger partial charge in [0.2, 0.25) is 0 Å². The number of allylic oxidation sites excluding steroid dienone is 2. The van der Waals surface area contributed by atoms with Gasteiger partial charge in [0.05, 0.1) is 0 Å². The minimum Gasteiger partial charge on any atom is -0.0885 e. The fourth-order valence-corrected chi connectivity index (χ4v) is 2.57. The van der Waals surface area contributed by atoms with Gasteiger partial charge in [0, 0.05) is 0 Å². The van der Waals surface area contributed by atoms with E-state index in [9.17, 15) is 0 Å². The van der Waals surface area contributed by atoms with Gasteiger partial charge in [-0.15, -0.1) is 0 Å². The third-order valence-corrected chi connectivity index (χ3v) is 4.01. The van der Waals surface area contributed by atoms with Crippen LogP contribution in [-0.2, 0) is 0 Å². The fraction of sp³-hybridized carbons (Fsp3) is 0.895. The molecule has 0 aromatic heterocycles. The van der Waals surface area contributed by atoms with Crippen molar-refractivity contribution in [2.24, 2.45) is 5.92 Å². The summed E-state index contributed by atoms with van der Waals surface area (Å²) in [6.07, 6.45) is 22.9. The van der Waals surface area contributed by atoms with E-state index in [0.29, 0.717) is 0 Å². The molecule has 0 nitrogen and oxygen atoms in total. The summed E-state index contributed by atoms with van der Waals surface area (Å²) in [4.78, 5) is 0. The Balaban J connectivity index is 3.19. The standard InChI is InChI=1S/C19H38/c1-4-6-8-10-11-12-13-14-16-18-19(3)17-15-9-7-5-2/h11-12,19H,4-10,13-18H2,1-3H3. The van der Waals surface area contributed by atoms with Crippen molar-refractivity contribution in [1.82, 2.24) is 0 Å². The van der Waals surface area contributed by atoms with Crippen molar-refractivity contribution in [3.05, 3.63) is 12.2 Å². The summed E-state index contributed by atoms with van der Waals surface area (Å²) in [5.74, 6) is 0.949. The zero-order chi connectivity index (χ0) is 14.2. The maximum atomic E-state index is 2.44. The van der Waals surface area contributed by atoms with Gasteiger partial charge in [-0.25, -0.2) is 0 Å². The predicted octanol–water partition coefficient (Wildman–Crippen LogP) is 7.29. The van der Waals surface area contributed by atoms with Gasteiger partial charge in [-0.05, 0) is 31.6 Å². The van der Waals surface area contributed by atoms with Gasteiger partial charge in [-0.3, -0.25) is 0 Å². The van der Waals surface area contributed by atoms with Crippen molar-refractivity contribution in [2.45, 2.75) is 104 Å². The van der Waals surface area contributed by atoms with Crippen LogP contribution in [0, 0.1) is 5.92 Å². The summed E-state index contributed by atoms with van der Waals surface area (Å²) < 4.78 is 0. The van der Waals surface area contributed by atoms with E-state index in [2.05, 4.69) is 32.9 Å². The molecule has 0 aliphatic rings.